The van der Waals surface area contributed by atoms with Gasteiger partial charge in [0.2, 0.25) is 0 Å². The Labute approximate surface area is 107 Å². The maximum atomic E-state index is 10.4. The molecule has 1 heterocycles. The summed E-state index contributed by atoms with van der Waals surface area (Å²) in [6.07, 6.45) is 2.97. The number of likely N-dealkylation sites (tertiary alicyclic amines) is 1. The molecule has 1 saturated heterocycles. The van der Waals surface area contributed by atoms with Gasteiger partial charge in [0.1, 0.15) is 0 Å². The van der Waals surface area contributed by atoms with E-state index in [9.17, 15) is 5.11 Å². The molecule has 1 atom stereocenters. The van der Waals surface area contributed by atoms with Crippen molar-refractivity contribution in [2.24, 2.45) is 0 Å². The summed E-state index contributed by atoms with van der Waals surface area (Å²) < 4.78 is 0. The average Bonchev–Trinajstić information content (AvgIpc) is 2.79. The van der Waals surface area contributed by atoms with Gasteiger partial charge in [-0.05, 0) is 38.9 Å². The van der Waals surface area contributed by atoms with Gasteiger partial charge in [-0.15, -0.1) is 0 Å². The van der Waals surface area contributed by atoms with Crippen LogP contribution in [0.4, 0.5) is 0 Å². The third-order valence-electron chi connectivity index (χ3n) is 4.41. The van der Waals surface area contributed by atoms with Crippen LogP contribution in [0.15, 0.2) is 0 Å². The summed E-state index contributed by atoms with van der Waals surface area (Å²) in [5.74, 6) is 0. The molecule has 102 valence electrons. The van der Waals surface area contributed by atoms with Crippen molar-refractivity contribution < 1.29 is 5.11 Å². The molecule has 1 N–H and O–H groups in total. The molecule has 3 nitrogen and oxygen atoms in total. The van der Waals surface area contributed by atoms with Crippen molar-refractivity contribution in [3.05, 3.63) is 0 Å². The standard InChI is InChI=1S/C14H30N2O/c1-5-14(17,6-2)12-15-10-9-13(11-15)16(7-3)8-4/h13,17H,5-12H2,1-4H3. The second-order valence-electron chi connectivity index (χ2n) is 5.33. The van der Waals surface area contributed by atoms with Crippen LogP contribution in [-0.4, -0.2) is 59.3 Å². The zero-order valence-electron chi connectivity index (χ0n) is 12.1. The Morgan fingerprint density at radius 3 is 2.24 bits per heavy atom. The molecule has 0 amide bonds. The minimum absolute atomic E-state index is 0.474. The third kappa shape index (κ3) is 3.94. The van der Waals surface area contributed by atoms with Crippen LogP contribution >= 0.6 is 0 Å². The number of nitrogens with zero attached hydrogens (tertiary/aromatic N) is 2. The van der Waals surface area contributed by atoms with E-state index in [0.29, 0.717) is 6.04 Å². The van der Waals surface area contributed by atoms with E-state index in [1.807, 2.05) is 0 Å². The highest BCUT2D eigenvalue weighted by atomic mass is 16.3. The lowest BCUT2D eigenvalue weighted by atomic mass is 9.97. The molecule has 0 bridgehead atoms. The van der Waals surface area contributed by atoms with Gasteiger partial charge >= 0.3 is 0 Å². The first-order valence-electron chi connectivity index (χ1n) is 7.27. The lowest BCUT2D eigenvalue weighted by molar-refractivity contribution is 0.000882. The van der Waals surface area contributed by atoms with Crippen molar-refractivity contribution in [2.45, 2.75) is 58.6 Å². The summed E-state index contributed by atoms with van der Waals surface area (Å²) in [6, 6.07) is 0.697. The highest BCUT2D eigenvalue weighted by Crippen LogP contribution is 2.21. The normalized spacial score (nSPS) is 22.6. The van der Waals surface area contributed by atoms with Crippen molar-refractivity contribution in [2.75, 3.05) is 32.7 Å². The molecule has 0 saturated carbocycles. The molecule has 0 spiro atoms. The van der Waals surface area contributed by atoms with Crippen LogP contribution in [-0.2, 0) is 0 Å². The second-order valence-corrected chi connectivity index (χ2v) is 5.33. The van der Waals surface area contributed by atoms with Crippen molar-refractivity contribution >= 4 is 0 Å². The van der Waals surface area contributed by atoms with Crippen LogP contribution in [0.1, 0.15) is 47.0 Å². The van der Waals surface area contributed by atoms with E-state index >= 15 is 0 Å². The lowest BCUT2D eigenvalue weighted by Crippen LogP contribution is -2.43. The quantitative estimate of drug-likeness (QED) is 0.739. The topological polar surface area (TPSA) is 26.7 Å². The number of hydrogen-bond acceptors (Lipinski definition) is 3. The average molecular weight is 242 g/mol. The van der Waals surface area contributed by atoms with E-state index in [1.54, 1.807) is 0 Å². The smallest absolute Gasteiger partial charge is 0.0768 e. The van der Waals surface area contributed by atoms with Crippen molar-refractivity contribution in [1.82, 2.24) is 9.80 Å². The summed E-state index contributed by atoms with van der Waals surface area (Å²) in [5.41, 5.74) is -0.474. The minimum Gasteiger partial charge on any atom is -0.389 e. The van der Waals surface area contributed by atoms with E-state index in [4.69, 9.17) is 0 Å². The predicted octanol–water partition coefficient (Wildman–Crippen LogP) is 1.95. The fourth-order valence-electron chi connectivity index (χ4n) is 2.88. The van der Waals surface area contributed by atoms with Crippen LogP contribution in [0, 0.1) is 0 Å². The highest BCUT2D eigenvalue weighted by molar-refractivity contribution is 4.87. The van der Waals surface area contributed by atoms with Crippen LogP contribution in [0.5, 0.6) is 0 Å². The number of likely N-dealkylation sites (N-methyl/N-ethyl adjacent to an activating group) is 1. The Hall–Kier alpha value is -0.120. The molecule has 0 radical (unpaired) electrons. The SMILES string of the molecule is CCN(CC)C1CCN(CC(O)(CC)CC)C1. The molecule has 1 aliphatic rings. The summed E-state index contributed by atoms with van der Waals surface area (Å²) in [4.78, 5) is 4.98. The maximum absolute atomic E-state index is 10.4. The van der Waals surface area contributed by atoms with E-state index in [0.717, 1.165) is 45.6 Å². The van der Waals surface area contributed by atoms with E-state index in [1.165, 1.54) is 6.42 Å². The molecular weight excluding hydrogens is 212 g/mol. The third-order valence-corrected chi connectivity index (χ3v) is 4.41. The predicted molar refractivity (Wildman–Crippen MR) is 73.3 cm³/mol. The first-order chi connectivity index (χ1) is 8.08. The molecule has 1 rings (SSSR count). The van der Waals surface area contributed by atoms with Gasteiger partial charge in [0.05, 0.1) is 5.60 Å². The first-order valence-corrected chi connectivity index (χ1v) is 7.27. The van der Waals surface area contributed by atoms with E-state index < -0.39 is 5.60 Å². The van der Waals surface area contributed by atoms with Crippen molar-refractivity contribution in [3.8, 4) is 0 Å². The van der Waals surface area contributed by atoms with Crippen LogP contribution in [0.2, 0.25) is 0 Å². The van der Waals surface area contributed by atoms with Crippen LogP contribution in [0.25, 0.3) is 0 Å². The molecule has 0 aromatic carbocycles. The van der Waals surface area contributed by atoms with Crippen LogP contribution < -0.4 is 0 Å². The van der Waals surface area contributed by atoms with Gasteiger partial charge in [0, 0.05) is 19.1 Å². The van der Waals surface area contributed by atoms with E-state index in [2.05, 4.69) is 37.5 Å². The van der Waals surface area contributed by atoms with Gasteiger partial charge in [-0.3, -0.25) is 9.80 Å². The van der Waals surface area contributed by atoms with Crippen LogP contribution in [0.3, 0.4) is 0 Å². The van der Waals surface area contributed by atoms with Gasteiger partial charge in [-0.2, -0.15) is 0 Å². The molecule has 0 aromatic rings. The molecular formula is C14H30N2O. The largest absolute Gasteiger partial charge is 0.389 e. The molecule has 0 aromatic heterocycles. The van der Waals surface area contributed by atoms with Gasteiger partial charge < -0.3 is 5.11 Å². The molecule has 17 heavy (non-hydrogen) atoms. The van der Waals surface area contributed by atoms with Gasteiger partial charge in [-0.1, -0.05) is 27.7 Å². The summed E-state index contributed by atoms with van der Waals surface area (Å²) in [6.45, 7) is 14.0. The Morgan fingerprint density at radius 1 is 1.18 bits per heavy atom. The first kappa shape index (κ1) is 14.9. The number of rotatable bonds is 7. The zero-order chi connectivity index (χ0) is 12.9. The fourth-order valence-corrected chi connectivity index (χ4v) is 2.88. The van der Waals surface area contributed by atoms with Gasteiger partial charge in [-0.25, -0.2) is 0 Å². The Kier molecular flexibility index (Phi) is 5.90. The Balaban J connectivity index is 2.45. The maximum Gasteiger partial charge on any atom is 0.0768 e. The number of β-amino-alcohol motifs (C(OH)–C–C–N with tert-alkyl or cyclic N) is 1. The highest BCUT2D eigenvalue weighted by Gasteiger charge is 2.31. The summed E-state index contributed by atoms with van der Waals surface area (Å²) in [5, 5.41) is 10.4. The molecule has 1 unspecified atom stereocenters. The van der Waals surface area contributed by atoms with Gasteiger partial charge in [0.25, 0.3) is 0 Å². The minimum atomic E-state index is -0.474. The molecule has 1 aliphatic heterocycles. The van der Waals surface area contributed by atoms with Gasteiger partial charge in [0.15, 0.2) is 0 Å². The summed E-state index contributed by atoms with van der Waals surface area (Å²) in [7, 11) is 0. The fraction of sp³-hybridized carbons (Fsp3) is 1.00. The Morgan fingerprint density at radius 2 is 1.76 bits per heavy atom. The Bertz CT molecular complexity index is 212. The second kappa shape index (κ2) is 6.72. The lowest BCUT2D eigenvalue weighted by Gasteiger charge is -2.31. The molecule has 1 fully saturated rings. The number of hydrogen-bond donors (Lipinski definition) is 1. The zero-order valence-corrected chi connectivity index (χ0v) is 12.1. The van der Waals surface area contributed by atoms with E-state index in [-0.39, 0.29) is 0 Å². The number of aliphatic hydroxyl groups is 1. The van der Waals surface area contributed by atoms with Crippen molar-refractivity contribution in [1.29, 1.82) is 0 Å². The molecule has 3 heteroatoms. The molecule has 0 aliphatic carbocycles. The monoisotopic (exact) mass is 242 g/mol. The van der Waals surface area contributed by atoms with Crippen molar-refractivity contribution in [3.63, 3.8) is 0 Å². The summed E-state index contributed by atoms with van der Waals surface area (Å²) >= 11 is 0.